The SMILES string of the molecule is CC1(CNC(=O)c2ccccc2C#CCO)CCCS1. The van der Waals surface area contributed by atoms with Gasteiger partial charge in [-0.15, -0.1) is 0 Å². The standard InChI is InChI=1S/C16H19NO2S/c1-16(9-5-11-20-16)12-17-15(19)14-8-3-2-6-13(14)7-4-10-18/h2-3,6,8,18H,5,9-12H2,1H3,(H,17,19). The Balaban J connectivity index is 2.05. The van der Waals surface area contributed by atoms with Crippen LogP contribution in [0.4, 0.5) is 0 Å². The summed E-state index contributed by atoms with van der Waals surface area (Å²) in [7, 11) is 0. The largest absolute Gasteiger partial charge is 0.384 e. The van der Waals surface area contributed by atoms with E-state index in [1.807, 2.05) is 23.9 Å². The van der Waals surface area contributed by atoms with Crippen molar-refractivity contribution in [1.82, 2.24) is 5.32 Å². The fourth-order valence-electron chi connectivity index (χ4n) is 2.26. The zero-order valence-electron chi connectivity index (χ0n) is 11.6. The minimum atomic E-state index is -0.204. The fourth-order valence-corrected chi connectivity index (χ4v) is 3.51. The third-order valence-electron chi connectivity index (χ3n) is 3.40. The molecule has 0 aromatic heterocycles. The molecule has 1 saturated heterocycles. The molecule has 1 atom stereocenters. The van der Waals surface area contributed by atoms with Crippen molar-refractivity contribution in [3.05, 3.63) is 35.4 Å². The molecule has 106 valence electrons. The lowest BCUT2D eigenvalue weighted by molar-refractivity contribution is 0.0949. The quantitative estimate of drug-likeness (QED) is 0.837. The van der Waals surface area contributed by atoms with E-state index in [0.29, 0.717) is 17.7 Å². The predicted octanol–water partition coefficient (Wildman–Crippen LogP) is 2.05. The summed E-state index contributed by atoms with van der Waals surface area (Å²) in [6.07, 6.45) is 2.36. The first-order chi connectivity index (χ1) is 9.64. The third kappa shape index (κ3) is 3.78. The van der Waals surface area contributed by atoms with Gasteiger partial charge in [0.05, 0.1) is 5.56 Å². The number of hydrogen-bond acceptors (Lipinski definition) is 3. The first kappa shape index (κ1) is 15.0. The number of benzene rings is 1. The molecule has 1 aromatic rings. The second-order valence-electron chi connectivity index (χ2n) is 5.09. The first-order valence-electron chi connectivity index (χ1n) is 6.75. The molecule has 0 bridgehead atoms. The number of thioether (sulfide) groups is 1. The van der Waals surface area contributed by atoms with E-state index in [1.54, 1.807) is 12.1 Å². The maximum absolute atomic E-state index is 12.3. The molecule has 3 nitrogen and oxygen atoms in total. The number of rotatable bonds is 3. The first-order valence-corrected chi connectivity index (χ1v) is 7.74. The van der Waals surface area contributed by atoms with Gasteiger partial charge in [-0.1, -0.05) is 24.0 Å². The molecule has 1 fully saturated rings. The zero-order valence-corrected chi connectivity index (χ0v) is 12.4. The highest BCUT2D eigenvalue weighted by atomic mass is 32.2. The van der Waals surface area contributed by atoms with Gasteiger partial charge in [-0.25, -0.2) is 0 Å². The van der Waals surface area contributed by atoms with E-state index in [4.69, 9.17) is 5.11 Å². The maximum Gasteiger partial charge on any atom is 0.252 e. The minimum absolute atomic E-state index is 0.0958. The van der Waals surface area contributed by atoms with Crippen LogP contribution < -0.4 is 5.32 Å². The molecule has 4 heteroatoms. The second kappa shape index (κ2) is 6.83. The summed E-state index contributed by atoms with van der Waals surface area (Å²) < 4.78 is 0.154. The Morgan fingerprint density at radius 1 is 1.50 bits per heavy atom. The van der Waals surface area contributed by atoms with Gasteiger partial charge < -0.3 is 10.4 Å². The Morgan fingerprint density at radius 3 is 3.00 bits per heavy atom. The van der Waals surface area contributed by atoms with E-state index in [0.717, 1.165) is 6.42 Å². The van der Waals surface area contributed by atoms with Gasteiger partial charge in [0.2, 0.25) is 0 Å². The maximum atomic E-state index is 12.3. The highest BCUT2D eigenvalue weighted by Gasteiger charge is 2.29. The molecule has 1 unspecified atom stereocenters. The van der Waals surface area contributed by atoms with Crippen molar-refractivity contribution in [2.45, 2.75) is 24.5 Å². The number of amides is 1. The average Bonchev–Trinajstić information content (AvgIpc) is 2.90. The number of carbonyl (C=O) groups excluding carboxylic acids is 1. The molecule has 0 saturated carbocycles. The molecule has 0 aliphatic carbocycles. The van der Waals surface area contributed by atoms with Crippen molar-refractivity contribution in [3.8, 4) is 11.8 Å². The van der Waals surface area contributed by atoms with Gasteiger partial charge in [0.15, 0.2) is 0 Å². The van der Waals surface area contributed by atoms with Crippen LogP contribution in [0.5, 0.6) is 0 Å². The summed E-state index contributed by atoms with van der Waals surface area (Å²) in [6, 6.07) is 7.22. The monoisotopic (exact) mass is 289 g/mol. The molecule has 1 amide bonds. The summed E-state index contributed by atoms with van der Waals surface area (Å²) in [6.45, 7) is 2.67. The van der Waals surface area contributed by atoms with Gasteiger partial charge in [-0.2, -0.15) is 11.8 Å². The van der Waals surface area contributed by atoms with Crippen LogP contribution in [-0.2, 0) is 0 Å². The van der Waals surface area contributed by atoms with Crippen LogP contribution in [0.15, 0.2) is 24.3 Å². The Kier molecular flexibility index (Phi) is 5.11. The van der Waals surface area contributed by atoms with Crippen molar-refractivity contribution in [2.24, 2.45) is 0 Å². The molecular formula is C16H19NO2S. The Bertz CT molecular complexity index is 539. The molecule has 0 spiro atoms. The molecule has 1 aliphatic heterocycles. The third-order valence-corrected chi connectivity index (χ3v) is 4.94. The van der Waals surface area contributed by atoms with Crippen LogP contribution in [0, 0.1) is 11.8 Å². The van der Waals surface area contributed by atoms with Gasteiger partial charge in [-0.3, -0.25) is 4.79 Å². The van der Waals surface area contributed by atoms with Crippen LogP contribution >= 0.6 is 11.8 Å². The van der Waals surface area contributed by atoms with E-state index in [-0.39, 0.29) is 17.3 Å². The number of aliphatic hydroxyl groups is 1. The lowest BCUT2D eigenvalue weighted by Crippen LogP contribution is -2.37. The normalized spacial score (nSPS) is 21.1. The van der Waals surface area contributed by atoms with E-state index in [9.17, 15) is 4.79 Å². The molecule has 1 aliphatic rings. The zero-order chi connectivity index (χ0) is 14.4. The van der Waals surface area contributed by atoms with Crippen molar-refractivity contribution >= 4 is 17.7 Å². The van der Waals surface area contributed by atoms with E-state index in [2.05, 4.69) is 24.1 Å². The Morgan fingerprint density at radius 2 is 2.30 bits per heavy atom. The molecular weight excluding hydrogens is 270 g/mol. The van der Waals surface area contributed by atoms with E-state index < -0.39 is 0 Å². The lowest BCUT2D eigenvalue weighted by atomic mass is 10.0. The van der Waals surface area contributed by atoms with Crippen LogP contribution in [0.1, 0.15) is 35.7 Å². The molecule has 1 aromatic carbocycles. The predicted molar refractivity (Wildman–Crippen MR) is 82.8 cm³/mol. The highest BCUT2D eigenvalue weighted by Crippen LogP contribution is 2.36. The second-order valence-corrected chi connectivity index (χ2v) is 6.77. The van der Waals surface area contributed by atoms with Crippen molar-refractivity contribution < 1.29 is 9.90 Å². The molecule has 0 radical (unpaired) electrons. The van der Waals surface area contributed by atoms with Gasteiger partial charge >= 0.3 is 0 Å². The number of nitrogens with one attached hydrogen (secondary N) is 1. The summed E-state index contributed by atoms with van der Waals surface area (Å²) in [5.74, 6) is 6.48. The van der Waals surface area contributed by atoms with E-state index >= 15 is 0 Å². The van der Waals surface area contributed by atoms with E-state index in [1.165, 1.54) is 12.2 Å². The highest BCUT2D eigenvalue weighted by molar-refractivity contribution is 8.00. The number of aliphatic hydroxyl groups excluding tert-OH is 1. The Hall–Kier alpha value is -1.44. The van der Waals surface area contributed by atoms with Crippen molar-refractivity contribution in [1.29, 1.82) is 0 Å². The van der Waals surface area contributed by atoms with Crippen LogP contribution in [0.2, 0.25) is 0 Å². The summed E-state index contributed by atoms with van der Waals surface area (Å²) in [5, 5.41) is 11.8. The van der Waals surface area contributed by atoms with Crippen molar-refractivity contribution in [2.75, 3.05) is 18.9 Å². The van der Waals surface area contributed by atoms with Crippen LogP contribution in [0.25, 0.3) is 0 Å². The van der Waals surface area contributed by atoms with Gasteiger partial charge in [-0.05, 0) is 37.7 Å². The van der Waals surface area contributed by atoms with Crippen LogP contribution in [0.3, 0.4) is 0 Å². The minimum Gasteiger partial charge on any atom is -0.384 e. The molecule has 20 heavy (non-hydrogen) atoms. The van der Waals surface area contributed by atoms with Crippen molar-refractivity contribution in [3.63, 3.8) is 0 Å². The summed E-state index contributed by atoms with van der Waals surface area (Å²) in [4.78, 5) is 12.3. The average molecular weight is 289 g/mol. The number of hydrogen-bond donors (Lipinski definition) is 2. The lowest BCUT2D eigenvalue weighted by Gasteiger charge is -2.23. The molecule has 2 N–H and O–H groups in total. The Labute approximate surface area is 124 Å². The molecule has 1 heterocycles. The van der Waals surface area contributed by atoms with Gasteiger partial charge in [0, 0.05) is 16.9 Å². The van der Waals surface area contributed by atoms with Gasteiger partial charge in [0.25, 0.3) is 5.91 Å². The molecule has 2 rings (SSSR count). The topological polar surface area (TPSA) is 49.3 Å². The van der Waals surface area contributed by atoms with Crippen LogP contribution in [-0.4, -0.2) is 34.7 Å². The smallest absolute Gasteiger partial charge is 0.252 e. The summed E-state index contributed by atoms with van der Waals surface area (Å²) >= 11 is 1.92. The number of carbonyl (C=O) groups is 1. The van der Waals surface area contributed by atoms with Gasteiger partial charge in [0.1, 0.15) is 6.61 Å². The summed E-state index contributed by atoms with van der Waals surface area (Å²) in [5.41, 5.74) is 1.23. The fraction of sp³-hybridized carbons (Fsp3) is 0.438.